The summed E-state index contributed by atoms with van der Waals surface area (Å²) in [5.41, 5.74) is 0.693. The zero-order valence-corrected chi connectivity index (χ0v) is 13.4. The summed E-state index contributed by atoms with van der Waals surface area (Å²) in [5.74, 6) is 1.85. The van der Waals surface area contributed by atoms with Crippen LogP contribution in [0.1, 0.15) is 30.1 Å². The number of hydrogen-bond donors (Lipinski definition) is 1. The largest absolute Gasteiger partial charge is 0.356 e. The van der Waals surface area contributed by atoms with Crippen molar-refractivity contribution in [2.45, 2.75) is 19.8 Å². The molecular weight excluding hydrogens is 276 g/mol. The maximum absolute atomic E-state index is 11.3. The van der Waals surface area contributed by atoms with Gasteiger partial charge in [-0.15, -0.1) is 0 Å². The normalized spacial score (nSPS) is 23.0. The van der Waals surface area contributed by atoms with Crippen LogP contribution in [0.2, 0.25) is 0 Å². The molecule has 2 aliphatic rings. The first-order valence-electron chi connectivity index (χ1n) is 8.37. The van der Waals surface area contributed by atoms with Crippen LogP contribution >= 0.6 is 0 Å². The van der Waals surface area contributed by atoms with Crippen LogP contribution < -0.4 is 10.2 Å². The third-order valence-electron chi connectivity index (χ3n) is 4.83. The number of piperazine rings is 1. The third-order valence-corrected chi connectivity index (χ3v) is 4.83. The van der Waals surface area contributed by atoms with Gasteiger partial charge < -0.3 is 15.1 Å². The van der Waals surface area contributed by atoms with E-state index in [1.165, 1.54) is 32.5 Å². The fourth-order valence-corrected chi connectivity index (χ4v) is 3.36. The van der Waals surface area contributed by atoms with Crippen molar-refractivity contribution in [2.24, 2.45) is 5.92 Å². The van der Waals surface area contributed by atoms with E-state index in [9.17, 15) is 4.79 Å². The highest BCUT2D eigenvalue weighted by Crippen LogP contribution is 2.24. The van der Waals surface area contributed by atoms with Gasteiger partial charge in [0.25, 0.3) is 0 Å². The monoisotopic (exact) mass is 302 g/mol. The smallest absolute Gasteiger partial charge is 0.161 e. The maximum atomic E-state index is 11.3. The molecule has 1 unspecified atom stereocenters. The molecule has 0 aliphatic carbocycles. The second kappa shape index (κ2) is 7.20. The van der Waals surface area contributed by atoms with Gasteiger partial charge in [0.2, 0.25) is 0 Å². The number of aromatic nitrogens is 1. The summed E-state index contributed by atoms with van der Waals surface area (Å²) < 4.78 is 0. The van der Waals surface area contributed by atoms with E-state index in [1.54, 1.807) is 13.1 Å². The van der Waals surface area contributed by atoms with Crippen LogP contribution in [0.3, 0.4) is 0 Å². The van der Waals surface area contributed by atoms with Crippen molar-refractivity contribution in [3.05, 3.63) is 23.9 Å². The van der Waals surface area contributed by atoms with Gasteiger partial charge in [-0.3, -0.25) is 4.79 Å². The van der Waals surface area contributed by atoms with Gasteiger partial charge in [-0.25, -0.2) is 4.98 Å². The summed E-state index contributed by atoms with van der Waals surface area (Å²) in [6.45, 7) is 9.61. The molecule has 0 amide bonds. The Hall–Kier alpha value is -1.46. The number of carbonyl (C=O) groups is 1. The quantitative estimate of drug-likeness (QED) is 0.833. The van der Waals surface area contributed by atoms with E-state index in [0.29, 0.717) is 5.56 Å². The van der Waals surface area contributed by atoms with Crippen molar-refractivity contribution in [3.63, 3.8) is 0 Å². The highest BCUT2D eigenvalue weighted by atomic mass is 16.1. The molecule has 1 aromatic rings. The van der Waals surface area contributed by atoms with Gasteiger partial charge in [-0.2, -0.15) is 0 Å². The third kappa shape index (κ3) is 3.84. The van der Waals surface area contributed by atoms with Crippen molar-refractivity contribution in [3.8, 4) is 0 Å². The summed E-state index contributed by atoms with van der Waals surface area (Å²) in [7, 11) is 0. The molecule has 0 saturated carbocycles. The Kier molecular flexibility index (Phi) is 5.05. The van der Waals surface area contributed by atoms with Crippen molar-refractivity contribution >= 4 is 11.6 Å². The SMILES string of the molecule is CC(=O)c1ccc(N2CCC(CCN3CCNCC3)C2)nc1. The molecule has 0 radical (unpaired) electrons. The summed E-state index contributed by atoms with van der Waals surface area (Å²) in [6, 6.07) is 3.87. The van der Waals surface area contributed by atoms with E-state index in [2.05, 4.69) is 20.1 Å². The number of Topliss-reactive ketones (excluding diaryl/α,β-unsaturated/α-hetero) is 1. The average Bonchev–Trinajstić information content (AvgIpc) is 3.03. The predicted molar refractivity (Wildman–Crippen MR) is 88.5 cm³/mol. The van der Waals surface area contributed by atoms with E-state index < -0.39 is 0 Å². The van der Waals surface area contributed by atoms with E-state index in [0.717, 1.165) is 37.9 Å². The molecule has 2 saturated heterocycles. The number of nitrogens with one attached hydrogen (secondary N) is 1. The van der Waals surface area contributed by atoms with Crippen LogP contribution in [0.25, 0.3) is 0 Å². The standard InChI is InChI=1S/C17H26N4O/c1-14(22)16-2-3-17(19-12-16)21-9-5-15(13-21)4-8-20-10-6-18-7-11-20/h2-3,12,15,18H,4-11,13H2,1H3. The van der Waals surface area contributed by atoms with Gasteiger partial charge in [0.15, 0.2) is 5.78 Å². The first kappa shape index (κ1) is 15.4. The Labute approximate surface area is 132 Å². The molecule has 120 valence electrons. The lowest BCUT2D eigenvalue weighted by Crippen LogP contribution is -2.44. The number of rotatable bonds is 5. The number of ketones is 1. The number of nitrogens with zero attached hydrogens (tertiary/aromatic N) is 3. The molecule has 2 aliphatic heterocycles. The van der Waals surface area contributed by atoms with Crippen LogP contribution in [-0.2, 0) is 0 Å². The lowest BCUT2D eigenvalue weighted by molar-refractivity contribution is 0.101. The molecule has 1 aromatic heterocycles. The van der Waals surface area contributed by atoms with E-state index >= 15 is 0 Å². The summed E-state index contributed by atoms with van der Waals surface area (Å²) in [4.78, 5) is 20.7. The Morgan fingerprint density at radius 3 is 2.82 bits per heavy atom. The fourth-order valence-electron chi connectivity index (χ4n) is 3.36. The Bertz CT molecular complexity index is 496. The van der Waals surface area contributed by atoms with Gasteiger partial charge in [0, 0.05) is 51.0 Å². The lowest BCUT2D eigenvalue weighted by Gasteiger charge is -2.28. The Morgan fingerprint density at radius 2 is 2.14 bits per heavy atom. The Balaban J connectivity index is 1.48. The van der Waals surface area contributed by atoms with Crippen LogP contribution in [-0.4, -0.2) is 61.5 Å². The molecule has 2 fully saturated rings. The summed E-state index contributed by atoms with van der Waals surface area (Å²) >= 11 is 0. The number of hydrogen-bond acceptors (Lipinski definition) is 5. The van der Waals surface area contributed by atoms with Gasteiger partial charge in [-0.1, -0.05) is 0 Å². The van der Waals surface area contributed by atoms with Crippen LogP contribution in [0.15, 0.2) is 18.3 Å². The minimum absolute atomic E-state index is 0.0781. The van der Waals surface area contributed by atoms with Crippen molar-refractivity contribution in [2.75, 3.05) is 50.7 Å². The van der Waals surface area contributed by atoms with Crippen LogP contribution in [0.4, 0.5) is 5.82 Å². The van der Waals surface area contributed by atoms with E-state index in [-0.39, 0.29) is 5.78 Å². The van der Waals surface area contributed by atoms with Crippen LogP contribution in [0, 0.1) is 5.92 Å². The van der Waals surface area contributed by atoms with E-state index in [1.807, 2.05) is 12.1 Å². The van der Waals surface area contributed by atoms with Crippen molar-refractivity contribution in [1.82, 2.24) is 15.2 Å². The summed E-state index contributed by atoms with van der Waals surface area (Å²) in [6.07, 6.45) is 4.23. The van der Waals surface area contributed by atoms with Gasteiger partial charge in [0.1, 0.15) is 5.82 Å². The molecule has 0 aromatic carbocycles. The molecular formula is C17H26N4O. The molecule has 1 N–H and O–H groups in total. The molecule has 1 atom stereocenters. The molecule has 3 heterocycles. The molecule has 5 nitrogen and oxygen atoms in total. The predicted octanol–water partition coefficient (Wildman–Crippen LogP) is 1.41. The fraction of sp³-hybridized carbons (Fsp3) is 0.647. The summed E-state index contributed by atoms with van der Waals surface area (Å²) in [5, 5.41) is 3.40. The van der Waals surface area contributed by atoms with Gasteiger partial charge >= 0.3 is 0 Å². The zero-order valence-electron chi connectivity index (χ0n) is 13.4. The highest BCUT2D eigenvalue weighted by molar-refractivity contribution is 5.93. The molecule has 0 spiro atoms. The molecule has 5 heteroatoms. The minimum atomic E-state index is 0.0781. The molecule has 22 heavy (non-hydrogen) atoms. The van der Waals surface area contributed by atoms with Crippen molar-refractivity contribution in [1.29, 1.82) is 0 Å². The molecule has 0 bridgehead atoms. The minimum Gasteiger partial charge on any atom is -0.356 e. The second-order valence-electron chi connectivity index (χ2n) is 6.44. The highest BCUT2D eigenvalue weighted by Gasteiger charge is 2.24. The second-order valence-corrected chi connectivity index (χ2v) is 6.44. The average molecular weight is 302 g/mol. The Morgan fingerprint density at radius 1 is 1.32 bits per heavy atom. The number of anilines is 1. The lowest BCUT2D eigenvalue weighted by atomic mass is 10.0. The zero-order chi connectivity index (χ0) is 15.4. The van der Waals surface area contributed by atoms with Gasteiger partial charge in [-0.05, 0) is 44.4 Å². The maximum Gasteiger partial charge on any atom is 0.161 e. The first-order chi connectivity index (χ1) is 10.7. The van der Waals surface area contributed by atoms with Gasteiger partial charge in [0.05, 0.1) is 0 Å². The number of pyridine rings is 1. The molecule has 3 rings (SSSR count). The number of carbonyl (C=O) groups excluding carboxylic acids is 1. The van der Waals surface area contributed by atoms with Crippen LogP contribution in [0.5, 0.6) is 0 Å². The topological polar surface area (TPSA) is 48.5 Å². The first-order valence-corrected chi connectivity index (χ1v) is 8.37. The van der Waals surface area contributed by atoms with E-state index in [4.69, 9.17) is 0 Å². The van der Waals surface area contributed by atoms with Crippen molar-refractivity contribution < 1.29 is 4.79 Å².